The van der Waals surface area contributed by atoms with Crippen molar-refractivity contribution in [3.8, 4) is 0 Å². The van der Waals surface area contributed by atoms with E-state index in [0.29, 0.717) is 0 Å². The molecule has 1 unspecified atom stereocenters. The first kappa shape index (κ1) is 12.9. The van der Waals surface area contributed by atoms with Crippen LogP contribution < -0.4 is 0 Å². The lowest BCUT2D eigenvalue weighted by Crippen LogP contribution is -2.22. The Morgan fingerprint density at radius 1 is 1.69 bits per heavy atom. The first-order valence-corrected chi connectivity index (χ1v) is 5.49. The maximum Gasteiger partial charge on any atom is 0.215 e. The monoisotopic (exact) mass is 297 g/mol. The Morgan fingerprint density at radius 3 is 2.62 bits per heavy atom. The fourth-order valence-corrected chi connectivity index (χ4v) is 2.81. The minimum Gasteiger partial charge on any atom is -0.265 e. The van der Waals surface area contributed by atoms with Gasteiger partial charge in [-0.2, -0.15) is 0 Å². The maximum absolute atomic E-state index is 10.2. The molecule has 0 aromatic rings. The molecule has 0 aliphatic heterocycles. The van der Waals surface area contributed by atoms with Gasteiger partial charge in [-0.1, -0.05) is 42.5 Å². The summed E-state index contributed by atoms with van der Waals surface area (Å²) < 4.78 is 0.113. The van der Waals surface area contributed by atoms with E-state index in [9.17, 15) is 10.1 Å². The molecule has 76 valence electrons. The van der Waals surface area contributed by atoms with Crippen LogP contribution in [0.15, 0.2) is 12.7 Å². The highest BCUT2D eigenvalue weighted by Gasteiger charge is 2.23. The molecule has 0 fully saturated rings. The molecule has 0 aliphatic carbocycles. The van der Waals surface area contributed by atoms with Crippen LogP contribution in [0.2, 0.25) is 0 Å². The molecule has 0 rings (SSSR count). The Bertz CT molecular complexity index is 192. The van der Waals surface area contributed by atoms with Gasteiger partial charge < -0.3 is 0 Å². The van der Waals surface area contributed by atoms with E-state index in [2.05, 4.69) is 43.0 Å². The summed E-state index contributed by atoms with van der Waals surface area (Å²) in [5.41, 5.74) is 0.129. The molecular weight excluding hydrogens is 281 g/mol. The molecule has 0 heterocycles. The lowest BCUT2D eigenvalue weighted by atomic mass is 9.84. The number of nitrogens with zero attached hydrogens (tertiary/aromatic N) is 1. The molecule has 0 aliphatic rings. The van der Waals surface area contributed by atoms with Gasteiger partial charge in [-0.3, -0.25) is 10.1 Å². The average molecular weight is 297 g/mol. The number of alkyl halides is 1. The topological polar surface area (TPSA) is 43.1 Å². The maximum atomic E-state index is 10.2. The van der Waals surface area contributed by atoms with E-state index >= 15 is 0 Å². The summed E-state index contributed by atoms with van der Waals surface area (Å²) in [6, 6.07) is 0. The van der Waals surface area contributed by atoms with Crippen LogP contribution in [0.5, 0.6) is 0 Å². The average Bonchev–Trinajstić information content (AvgIpc) is 1.81. The molecule has 4 heteroatoms. The number of halogens is 1. The molecule has 0 saturated heterocycles. The number of nitro groups is 1. The molecule has 0 radical (unpaired) electrons. The zero-order valence-electron chi connectivity index (χ0n) is 8.12. The fourth-order valence-electron chi connectivity index (χ4n) is 1.30. The second-order valence-corrected chi connectivity index (χ2v) is 5.74. The van der Waals surface area contributed by atoms with Crippen molar-refractivity contribution in [3.63, 3.8) is 0 Å². The SMILES string of the molecule is C=CCC(C)(C)CC(I)C[N+](=O)[O-]. The lowest BCUT2D eigenvalue weighted by Gasteiger charge is -2.24. The van der Waals surface area contributed by atoms with Gasteiger partial charge in [0.1, 0.15) is 0 Å². The van der Waals surface area contributed by atoms with E-state index in [4.69, 9.17) is 0 Å². The van der Waals surface area contributed by atoms with Crippen LogP contribution >= 0.6 is 22.6 Å². The Balaban J connectivity index is 3.94. The molecule has 13 heavy (non-hydrogen) atoms. The van der Waals surface area contributed by atoms with Gasteiger partial charge >= 0.3 is 0 Å². The van der Waals surface area contributed by atoms with Gasteiger partial charge in [0, 0.05) is 4.92 Å². The second-order valence-electron chi connectivity index (χ2n) is 3.97. The van der Waals surface area contributed by atoms with E-state index in [0.717, 1.165) is 12.8 Å². The molecule has 1 atom stereocenters. The van der Waals surface area contributed by atoms with Crippen molar-refractivity contribution in [2.75, 3.05) is 6.54 Å². The zero-order chi connectivity index (χ0) is 10.5. The number of hydrogen-bond donors (Lipinski definition) is 0. The minimum absolute atomic E-state index is 0.0567. The summed E-state index contributed by atoms with van der Waals surface area (Å²) in [6.45, 7) is 7.96. The molecule has 0 saturated carbocycles. The minimum atomic E-state index is -0.249. The van der Waals surface area contributed by atoms with Crippen LogP contribution in [-0.2, 0) is 0 Å². The molecular formula is C9H16INO2. The van der Waals surface area contributed by atoms with Crippen molar-refractivity contribution in [2.24, 2.45) is 5.41 Å². The third kappa shape index (κ3) is 6.98. The second kappa shape index (κ2) is 5.57. The van der Waals surface area contributed by atoms with Crippen molar-refractivity contribution >= 4 is 22.6 Å². The lowest BCUT2D eigenvalue weighted by molar-refractivity contribution is -0.478. The van der Waals surface area contributed by atoms with Gasteiger partial charge in [-0.15, -0.1) is 6.58 Å². The van der Waals surface area contributed by atoms with Gasteiger partial charge in [-0.05, 0) is 18.3 Å². The van der Waals surface area contributed by atoms with E-state index in [1.54, 1.807) is 0 Å². The first-order chi connectivity index (χ1) is 5.87. The Kier molecular flexibility index (Phi) is 5.51. The third-order valence-corrected chi connectivity index (χ3v) is 2.65. The molecule has 0 bridgehead atoms. The molecule has 0 amide bonds. The van der Waals surface area contributed by atoms with Crippen molar-refractivity contribution in [3.05, 3.63) is 22.8 Å². The summed E-state index contributed by atoms with van der Waals surface area (Å²) >= 11 is 2.15. The summed E-state index contributed by atoms with van der Waals surface area (Å²) in [7, 11) is 0. The normalized spacial score (nSPS) is 13.8. The Labute approximate surface area is 92.9 Å². The van der Waals surface area contributed by atoms with E-state index in [1.807, 2.05) is 6.08 Å². The molecule has 0 N–H and O–H groups in total. The summed E-state index contributed by atoms with van der Waals surface area (Å²) in [5.74, 6) is 0. The number of hydrogen-bond acceptors (Lipinski definition) is 2. The van der Waals surface area contributed by atoms with Gasteiger partial charge in [-0.25, -0.2) is 0 Å². The van der Waals surface area contributed by atoms with Crippen LogP contribution in [0, 0.1) is 15.5 Å². The van der Waals surface area contributed by atoms with E-state index in [-0.39, 0.29) is 20.8 Å². The summed E-state index contributed by atoms with van der Waals surface area (Å²) in [5, 5.41) is 10.2. The van der Waals surface area contributed by atoms with Crippen molar-refractivity contribution in [1.82, 2.24) is 0 Å². The predicted molar refractivity (Wildman–Crippen MR) is 62.9 cm³/mol. The smallest absolute Gasteiger partial charge is 0.215 e. The summed E-state index contributed by atoms with van der Waals surface area (Å²) in [4.78, 5) is 9.99. The highest BCUT2D eigenvalue weighted by molar-refractivity contribution is 14.1. The summed E-state index contributed by atoms with van der Waals surface area (Å²) in [6.07, 6.45) is 3.64. The third-order valence-electron chi connectivity index (χ3n) is 1.82. The van der Waals surface area contributed by atoms with E-state index < -0.39 is 0 Å². The van der Waals surface area contributed by atoms with E-state index in [1.165, 1.54) is 0 Å². The standard InChI is InChI=1S/C9H16INO2/c1-4-5-9(2,3)6-8(10)7-11(12)13/h4,8H,1,5-7H2,2-3H3. The van der Waals surface area contributed by atoms with Gasteiger partial charge in [0.25, 0.3) is 0 Å². The van der Waals surface area contributed by atoms with Gasteiger partial charge in [0.2, 0.25) is 6.54 Å². The highest BCUT2D eigenvalue weighted by Crippen LogP contribution is 2.29. The largest absolute Gasteiger partial charge is 0.265 e. The quantitative estimate of drug-likeness (QED) is 0.249. The first-order valence-electron chi connectivity index (χ1n) is 4.24. The van der Waals surface area contributed by atoms with Crippen LogP contribution in [0.25, 0.3) is 0 Å². The molecule has 3 nitrogen and oxygen atoms in total. The highest BCUT2D eigenvalue weighted by atomic mass is 127. The number of allylic oxidation sites excluding steroid dienone is 1. The number of rotatable bonds is 6. The van der Waals surface area contributed by atoms with Gasteiger partial charge in [0.05, 0.1) is 3.92 Å². The fraction of sp³-hybridized carbons (Fsp3) is 0.778. The van der Waals surface area contributed by atoms with Gasteiger partial charge in [0.15, 0.2) is 0 Å². The predicted octanol–water partition coefficient (Wildman–Crippen LogP) is 3.06. The van der Waals surface area contributed by atoms with Crippen LogP contribution in [0.4, 0.5) is 0 Å². The van der Waals surface area contributed by atoms with Crippen molar-refractivity contribution < 1.29 is 4.92 Å². The Morgan fingerprint density at radius 2 is 2.23 bits per heavy atom. The molecule has 0 spiro atoms. The van der Waals surface area contributed by atoms with Crippen molar-refractivity contribution in [2.45, 2.75) is 30.6 Å². The van der Waals surface area contributed by atoms with Crippen LogP contribution in [-0.4, -0.2) is 15.4 Å². The zero-order valence-corrected chi connectivity index (χ0v) is 10.3. The van der Waals surface area contributed by atoms with Crippen molar-refractivity contribution in [1.29, 1.82) is 0 Å². The Hall–Kier alpha value is -0.130. The molecule has 0 aromatic carbocycles. The van der Waals surface area contributed by atoms with Crippen LogP contribution in [0.1, 0.15) is 26.7 Å². The van der Waals surface area contributed by atoms with Crippen LogP contribution in [0.3, 0.4) is 0 Å². The molecule has 0 aromatic heterocycles.